The number of benzene rings is 1. The van der Waals surface area contributed by atoms with E-state index >= 15 is 0 Å². The van der Waals surface area contributed by atoms with Crippen LogP contribution in [0.3, 0.4) is 0 Å². The molecule has 2 N–H and O–H groups in total. The molecular formula is C24H35NO5. The molecule has 0 bridgehead atoms. The van der Waals surface area contributed by atoms with E-state index in [1.807, 2.05) is 42.5 Å². The zero-order valence-electron chi connectivity index (χ0n) is 18.3. The third-order valence-corrected chi connectivity index (χ3v) is 5.12. The molecule has 30 heavy (non-hydrogen) atoms. The maximum absolute atomic E-state index is 13.1. The van der Waals surface area contributed by atoms with Crippen molar-refractivity contribution in [1.82, 2.24) is 5.32 Å². The summed E-state index contributed by atoms with van der Waals surface area (Å²) in [6, 6.07) is 9.64. The van der Waals surface area contributed by atoms with Crippen molar-refractivity contribution in [3.05, 3.63) is 60.9 Å². The van der Waals surface area contributed by atoms with Crippen LogP contribution in [0, 0.1) is 5.41 Å². The molecule has 3 unspecified atom stereocenters. The van der Waals surface area contributed by atoms with E-state index in [-0.39, 0.29) is 31.1 Å². The Labute approximate surface area is 179 Å². The second kappa shape index (κ2) is 11.3. The van der Waals surface area contributed by atoms with Crippen molar-refractivity contribution < 1.29 is 24.1 Å². The second-order valence-electron chi connectivity index (χ2n) is 8.52. The van der Waals surface area contributed by atoms with Gasteiger partial charge in [0.05, 0.1) is 30.5 Å². The SMILES string of the molecule is C=COCCC(COC)NC1C=CC(CC(C)(C)O)(C(=O)OCc2ccccc2)C1. The minimum absolute atomic E-state index is 0.0273. The number of hydrogen-bond donors (Lipinski definition) is 2. The average molecular weight is 418 g/mol. The van der Waals surface area contributed by atoms with Crippen LogP contribution in [0.1, 0.15) is 38.7 Å². The monoisotopic (exact) mass is 417 g/mol. The molecule has 0 fully saturated rings. The van der Waals surface area contributed by atoms with Gasteiger partial charge in [-0.15, -0.1) is 0 Å². The van der Waals surface area contributed by atoms with Gasteiger partial charge in [0.25, 0.3) is 0 Å². The molecule has 2 rings (SSSR count). The number of carbonyl (C=O) groups is 1. The van der Waals surface area contributed by atoms with Gasteiger partial charge >= 0.3 is 5.97 Å². The number of esters is 1. The summed E-state index contributed by atoms with van der Waals surface area (Å²) in [6.45, 7) is 8.27. The first-order chi connectivity index (χ1) is 14.3. The summed E-state index contributed by atoms with van der Waals surface area (Å²) in [5.74, 6) is -0.313. The Morgan fingerprint density at radius 3 is 2.77 bits per heavy atom. The van der Waals surface area contributed by atoms with Crippen molar-refractivity contribution in [2.45, 2.75) is 57.4 Å². The van der Waals surface area contributed by atoms with E-state index in [0.29, 0.717) is 19.6 Å². The number of rotatable bonds is 13. The van der Waals surface area contributed by atoms with Gasteiger partial charge in [0, 0.05) is 19.2 Å². The Kier molecular flexibility index (Phi) is 9.08. The van der Waals surface area contributed by atoms with Gasteiger partial charge in [-0.25, -0.2) is 0 Å². The Balaban J connectivity index is 2.04. The molecule has 6 heteroatoms. The fourth-order valence-electron chi connectivity index (χ4n) is 3.95. The third kappa shape index (κ3) is 7.59. The first-order valence-corrected chi connectivity index (χ1v) is 10.4. The number of hydrogen-bond acceptors (Lipinski definition) is 6. The van der Waals surface area contributed by atoms with Gasteiger partial charge in [-0.05, 0) is 38.7 Å². The average Bonchev–Trinajstić information content (AvgIpc) is 3.09. The standard InChI is InChI=1S/C24H35NO5/c1-5-29-14-12-21(17-28-4)25-20-11-13-24(15-20,18-23(2,3)27)22(26)30-16-19-9-7-6-8-10-19/h5-11,13,20-21,25,27H,1,12,14-18H2,2-4H3. The largest absolute Gasteiger partial charge is 0.502 e. The number of methoxy groups -OCH3 is 1. The molecule has 1 aliphatic carbocycles. The van der Waals surface area contributed by atoms with E-state index in [9.17, 15) is 9.90 Å². The molecule has 0 aromatic heterocycles. The Morgan fingerprint density at radius 2 is 2.13 bits per heavy atom. The predicted molar refractivity (Wildman–Crippen MR) is 117 cm³/mol. The Bertz CT molecular complexity index is 697. The van der Waals surface area contributed by atoms with Crippen molar-refractivity contribution in [1.29, 1.82) is 0 Å². The maximum Gasteiger partial charge on any atom is 0.316 e. The lowest BCUT2D eigenvalue weighted by molar-refractivity contribution is -0.157. The van der Waals surface area contributed by atoms with Crippen LogP contribution in [-0.2, 0) is 25.6 Å². The molecule has 1 aromatic carbocycles. The summed E-state index contributed by atoms with van der Waals surface area (Å²) in [5, 5.41) is 14.0. The number of nitrogens with one attached hydrogen (secondary N) is 1. The molecular weight excluding hydrogens is 382 g/mol. The molecule has 1 aromatic rings. The number of carbonyl (C=O) groups excluding carboxylic acids is 1. The van der Waals surface area contributed by atoms with Gasteiger partial charge in [-0.3, -0.25) is 4.79 Å². The molecule has 0 saturated carbocycles. The van der Waals surface area contributed by atoms with E-state index in [1.165, 1.54) is 6.26 Å². The number of ether oxygens (including phenoxy) is 3. The van der Waals surface area contributed by atoms with E-state index in [1.54, 1.807) is 21.0 Å². The van der Waals surface area contributed by atoms with E-state index in [2.05, 4.69) is 11.9 Å². The van der Waals surface area contributed by atoms with Crippen LogP contribution < -0.4 is 5.32 Å². The summed E-state index contributed by atoms with van der Waals surface area (Å²) < 4.78 is 16.2. The van der Waals surface area contributed by atoms with Gasteiger partial charge in [0.2, 0.25) is 0 Å². The molecule has 0 saturated heterocycles. The predicted octanol–water partition coefficient (Wildman–Crippen LogP) is 3.36. The molecule has 6 nitrogen and oxygen atoms in total. The second-order valence-corrected chi connectivity index (χ2v) is 8.52. The highest BCUT2D eigenvalue weighted by Gasteiger charge is 2.46. The summed E-state index contributed by atoms with van der Waals surface area (Å²) in [6.07, 6.45) is 6.87. The lowest BCUT2D eigenvalue weighted by Gasteiger charge is -2.33. The molecule has 3 atom stereocenters. The molecule has 166 valence electrons. The number of aliphatic hydroxyl groups is 1. The molecule has 0 spiro atoms. The van der Waals surface area contributed by atoms with Gasteiger partial charge in [-0.2, -0.15) is 0 Å². The van der Waals surface area contributed by atoms with Crippen molar-refractivity contribution in [2.75, 3.05) is 20.3 Å². The van der Waals surface area contributed by atoms with E-state index in [0.717, 1.165) is 12.0 Å². The molecule has 0 heterocycles. The Hall–Kier alpha value is -2.15. The fourth-order valence-corrected chi connectivity index (χ4v) is 3.95. The van der Waals surface area contributed by atoms with Crippen LogP contribution >= 0.6 is 0 Å². The van der Waals surface area contributed by atoms with Gasteiger partial charge < -0.3 is 24.6 Å². The van der Waals surface area contributed by atoms with Crippen molar-refractivity contribution in [3.8, 4) is 0 Å². The first kappa shape index (κ1) is 24.1. The summed E-state index contributed by atoms with van der Waals surface area (Å²) >= 11 is 0. The molecule has 0 aliphatic heterocycles. The van der Waals surface area contributed by atoms with Gasteiger partial charge in [-0.1, -0.05) is 49.1 Å². The summed E-state index contributed by atoms with van der Waals surface area (Å²) in [4.78, 5) is 13.1. The lowest BCUT2D eigenvalue weighted by atomic mass is 9.77. The van der Waals surface area contributed by atoms with Crippen LogP contribution in [-0.4, -0.2) is 49.1 Å². The normalized spacial score (nSPS) is 21.9. The summed E-state index contributed by atoms with van der Waals surface area (Å²) in [5.41, 5.74) is -0.947. The van der Waals surface area contributed by atoms with E-state index < -0.39 is 11.0 Å². The van der Waals surface area contributed by atoms with Crippen LogP contribution in [0.4, 0.5) is 0 Å². The van der Waals surface area contributed by atoms with Crippen LogP contribution in [0.2, 0.25) is 0 Å². The highest BCUT2D eigenvalue weighted by atomic mass is 16.5. The van der Waals surface area contributed by atoms with Crippen LogP contribution in [0.5, 0.6) is 0 Å². The van der Waals surface area contributed by atoms with Crippen molar-refractivity contribution in [3.63, 3.8) is 0 Å². The third-order valence-electron chi connectivity index (χ3n) is 5.12. The quantitative estimate of drug-likeness (QED) is 0.222. The maximum atomic E-state index is 13.1. The van der Waals surface area contributed by atoms with Crippen LogP contribution in [0.15, 0.2) is 55.3 Å². The van der Waals surface area contributed by atoms with Crippen molar-refractivity contribution in [2.24, 2.45) is 5.41 Å². The van der Waals surface area contributed by atoms with Gasteiger partial charge in [0.15, 0.2) is 0 Å². The minimum Gasteiger partial charge on any atom is -0.502 e. The highest BCUT2D eigenvalue weighted by Crippen LogP contribution is 2.41. The van der Waals surface area contributed by atoms with Crippen molar-refractivity contribution >= 4 is 5.97 Å². The molecule has 0 radical (unpaired) electrons. The van der Waals surface area contributed by atoms with Gasteiger partial charge in [0.1, 0.15) is 6.61 Å². The topological polar surface area (TPSA) is 77.0 Å². The smallest absolute Gasteiger partial charge is 0.316 e. The Morgan fingerprint density at radius 1 is 1.40 bits per heavy atom. The lowest BCUT2D eigenvalue weighted by Crippen LogP contribution is -2.44. The van der Waals surface area contributed by atoms with E-state index in [4.69, 9.17) is 14.2 Å². The minimum atomic E-state index is -1.01. The zero-order chi connectivity index (χ0) is 22.0. The highest BCUT2D eigenvalue weighted by molar-refractivity contribution is 5.80. The fraction of sp³-hybridized carbons (Fsp3) is 0.542. The molecule has 1 aliphatic rings. The first-order valence-electron chi connectivity index (χ1n) is 10.4. The summed E-state index contributed by atoms with van der Waals surface area (Å²) in [7, 11) is 1.66. The zero-order valence-corrected chi connectivity index (χ0v) is 18.3. The molecule has 0 amide bonds. The van der Waals surface area contributed by atoms with Crippen LogP contribution in [0.25, 0.3) is 0 Å².